The van der Waals surface area contributed by atoms with Gasteiger partial charge in [0.2, 0.25) is 0 Å². The van der Waals surface area contributed by atoms with Crippen molar-refractivity contribution >= 4 is 0 Å². The number of aromatic nitrogens is 4. The number of pyridine rings is 4. The van der Waals surface area contributed by atoms with E-state index in [0.717, 1.165) is 11.4 Å². The van der Waals surface area contributed by atoms with Crippen LogP contribution in [0.3, 0.4) is 0 Å². The Bertz CT molecular complexity index is 1040. The summed E-state index contributed by atoms with van der Waals surface area (Å²) in [6, 6.07) is 25.5. The zero-order valence-corrected chi connectivity index (χ0v) is 17.3. The fraction of sp³-hybridized carbons (Fsp3) is 0.231. The molecule has 0 unspecified atom stereocenters. The maximum absolute atomic E-state index is 4.80. The second-order valence-corrected chi connectivity index (χ2v) is 8.09. The first-order valence-corrected chi connectivity index (χ1v) is 10.5. The summed E-state index contributed by atoms with van der Waals surface area (Å²) in [6.45, 7) is 0. The van der Waals surface area contributed by atoms with Crippen LogP contribution in [0.5, 0.6) is 0 Å². The second kappa shape index (κ2) is 7.79. The highest BCUT2D eigenvalue weighted by Crippen LogP contribution is 2.64. The van der Waals surface area contributed by atoms with E-state index in [1.54, 1.807) is 0 Å². The first-order valence-electron chi connectivity index (χ1n) is 10.5. The van der Waals surface area contributed by atoms with E-state index < -0.39 is 0 Å². The van der Waals surface area contributed by atoms with Crippen molar-refractivity contribution in [1.29, 1.82) is 0 Å². The van der Waals surface area contributed by atoms with Gasteiger partial charge < -0.3 is 0 Å². The van der Waals surface area contributed by atoms with E-state index in [2.05, 4.69) is 96.3 Å². The minimum atomic E-state index is 0.278. The Morgan fingerprint density at radius 1 is 0.533 bits per heavy atom. The molecular formula is C26H26N4+2. The van der Waals surface area contributed by atoms with Gasteiger partial charge in [-0.1, -0.05) is 24.3 Å². The summed E-state index contributed by atoms with van der Waals surface area (Å²) in [6.07, 6.45) is 8.09. The molecule has 1 aliphatic rings. The standard InChI is InChI=1S/C26H26N4/c1-29-17-9-5-13-21(29)25-23(19-11-3-7-15-27-19)26(22-14-6-10-18-30(22)2)24(25)20-12-4-8-16-28-20/h3-18,23-26H,1-2H3/q+2. The minimum absolute atomic E-state index is 0.278. The van der Waals surface area contributed by atoms with Crippen molar-refractivity contribution in [2.24, 2.45) is 14.1 Å². The molecule has 0 bridgehead atoms. The molecule has 4 aromatic heterocycles. The second-order valence-electron chi connectivity index (χ2n) is 8.09. The van der Waals surface area contributed by atoms with Crippen LogP contribution >= 0.6 is 0 Å². The van der Waals surface area contributed by atoms with Gasteiger partial charge in [0.05, 0.1) is 11.8 Å². The highest BCUT2D eigenvalue weighted by atomic mass is 15.0. The quantitative estimate of drug-likeness (QED) is 0.496. The maximum Gasteiger partial charge on any atom is 0.185 e. The number of nitrogens with zero attached hydrogens (tertiary/aromatic N) is 4. The lowest BCUT2D eigenvalue weighted by atomic mass is 9.52. The number of hydrogen-bond acceptors (Lipinski definition) is 2. The predicted octanol–water partition coefficient (Wildman–Crippen LogP) is 3.57. The van der Waals surface area contributed by atoms with Crippen LogP contribution in [0.25, 0.3) is 0 Å². The van der Waals surface area contributed by atoms with E-state index in [1.807, 2.05) is 24.5 Å². The van der Waals surface area contributed by atoms with Gasteiger partial charge in [0, 0.05) is 59.9 Å². The molecule has 4 nitrogen and oxygen atoms in total. The molecule has 0 aliphatic heterocycles. The van der Waals surface area contributed by atoms with E-state index in [1.165, 1.54) is 11.4 Å². The van der Waals surface area contributed by atoms with Crippen molar-refractivity contribution in [1.82, 2.24) is 9.97 Å². The molecule has 4 aromatic rings. The van der Waals surface area contributed by atoms with Crippen LogP contribution in [0.15, 0.2) is 97.6 Å². The Balaban J connectivity index is 1.72. The van der Waals surface area contributed by atoms with Crippen molar-refractivity contribution in [3.05, 3.63) is 120 Å². The van der Waals surface area contributed by atoms with Crippen LogP contribution in [0.4, 0.5) is 0 Å². The van der Waals surface area contributed by atoms with E-state index in [9.17, 15) is 0 Å². The van der Waals surface area contributed by atoms with Gasteiger partial charge in [0.1, 0.15) is 14.1 Å². The summed E-state index contributed by atoms with van der Waals surface area (Å²) in [7, 11) is 4.27. The van der Waals surface area contributed by atoms with Crippen LogP contribution in [0.1, 0.15) is 46.4 Å². The van der Waals surface area contributed by atoms with Crippen LogP contribution in [0.2, 0.25) is 0 Å². The third-order valence-corrected chi connectivity index (χ3v) is 6.48. The van der Waals surface area contributed by atoms with Gasteiger partial charge in [-0.25, -0.2) is 9.13 Å². The summed E-state index contributed by atoms with van der Waals surface area (Å²) in [5.74, 6) is 1.15. The lowest BCUT2D eigenvalue weighted by Gasteiger charge is -2.48. The SMILES string of the molecule is C[n+]1ccccc1C1C(c2ccccn2)C(c2cccc[n+]2C)C1c1ccccn1. The summed E-state index contributed by atoms with van der Waals surface area (Å²) in [5, 5.41) is 0. The Kier molecular flexibility index (Phi) is 4.83. The third kappa shape index (κ3) is 3.09. The Labute approximate surface area is 177 Å². The van der Waals surface area contributed by atoms with Crippen molar-refractivity contribution in [3.63, 3.8) is 0 Å². The van der Waals surface area contributed by atoms with E-state index >= 15 is 0 Å². The first kappa shape index (κ1) is 18.6. The molecule has 0 N–H and O–H groups in total. The van der Waals surface area contributed by atoms with Crippen LogP contribution in [-0.4, -0.2) is 9.97 Å². The maximum atomic E-state index is 4.80. The lowest BCUT2D eigenvalue weighted by Crippen LogP contribution is -2.50. The highest BCUT2D eigenvalue weighted by molar-refractivity contribution is 5.40. The number of hydrogen-bond donors (Lipinski definition) is 0. The molecule has 0 atom stereocenters. The predicted molar refractivity (Wildman–Crippen MR) is 115 cm³/mol. The molecule has 30 heavy (non-hydrogen) atoms. The molecule has 5 rings (SSSR count). The molecule has 1 aliphatic carbocycles. The fourth-order valence-corrected chi connectivity index (χ4v) is 5.13. The zero-order valence-electron chi connectivity index (χ0n) is 17.3. The smallest absolute Gasteiger partial charge is 0.185 e. The van der Waals surface area contributed by atoms with Crippen molar-refractivity contribution in [3.8, 4) is 0 Å². The van der Waals surface area contributed by atoms with E-state index in [0.29, 0.717) is 11.8 Å². The van der Waals surface area contributed by atoms with Crippen LogP contribution in [0, 0.1) is 0 Å². The molecule has 0 saturated heterocycles. The Morgan fingerprint density at radius 2 is 0.967 bits per heavy atom. The molecule has 1 saturated carbocycles. The molecule has 4 heteroatoms. The summed E-state index contributed by atoms with van der Waals surface area (Å²) in [4.78, 5) is 9.60. The van der Waals surface area contributed by atoms with E-state index in [4.69, 9.17) is 9.97 Å². The van der Waals surface area contributed by atoms with Gasteiger partial charge in [-0.05, 0) is 24.3 Å². The molecule has 0 spiro atoms. The van der Waals surface area contributed by atoms with Gasteiger partial charge >= 0.3 is 0 Å². The normalized spacial score (nSPS) is 23.0. The number of rotatable bonds is 4. The van der Waals surface area contributed by atoms with Gasteiger partial charge in [-0.3, -0.25) is 9.97 Å². The largest absolute Gasteiger partial charge is 0.261 e. The lowest BCUT2D eigenvalue weighted by molar-refractivity contribution is -0.686. The van der Waals surface area contributed by atoms with Crippen molar-refractivity contribution in [2.75, 3.05) is 0 Å². The monoisotopic (exact) mass is 394 g/mol. The number of aryl methyl sites for hydroxylation is 2. The molecule has 0 radical (unpaired) electrons. The molecule has 0 aromatic carbocycles. The van der Waals surface area contributed by atoms with Gasteiger partial charge in [-0.2, -0.15) is 0 Å². The molecule has 1 fully saturated rings. The summed E-state index contributed by atoms with van der Waals surface area (Å²) < 4.78 is 4.50. The molecule has 4 heterocycles. The summed E-state index contributed by atoms with van der Waals surface area (Å²) >= 11 is 0. The fourth-order valence-electron chi connectivity index (χ4n) is 5.13. The van der Waals surface area contributed by atoms with Crippen molar-refractivity contribution in [2.45, 2.75) is 23.7 Å². The first-order chi connectivity index (χ1) is 14.8. The Hall–Kier alpha value is -3.40. The van der Waals surface area contributed by atoms with Gasteiger partial charge in [-0.15, -0.1) is 0 Å². The van der Waals surface area contributed by atoms with Crippen LogP contribution in [-0.2, 0) is 14.1 Å². The molecular weight excluding hydrogens is 368 g/mol. The average Bonchev–Trinajstić information content (AvgIpc) is 2.77. The van der Waals surface area contributed by atoms with Gasteiger partial charge in [0.15, 0.2) is 23.8 Å². The van der Waals surface area contributed by atoms with E-state index in [-0.39, 0.29) is 11.8 Å². The minimum Gasteiger partial charge on any atom is -0.261 e. The third-order valence-electron chi connectivity index (χ3n) is 6.48. The molecule has 0 amide bonds. The average molecular weight is 395 g/mol. The topological polar surface area (TPSA) is 33.5 Å². The zero-order chi connectivity index (χ0) is 20.5. The molecule has 148 valence electrons. The Morgan fingerprint density at radius 3 is 1.33 bits per heavy atom. The van der Waals surface area contributed by atoms with Crippen LogP contribution < -0.4 is 9.13 Å². The summed E-state index contributed by atoms with van der Waals surface area (Å²) in [5.41, 5.74) is 4.93. The highest BCUT2D eigenvalue weighted by Gasteiger charge is 2.59. The van der Waals surface area contributed by atoms with Crippen molar-refractivity contribution < 1.29 is 9.13 Å². The van der Waals surface area contributed by atoms with Gasteiger partial charge in [0.25, 0.3) is 0 Å².